The van der Waals surface area contributed by atoms with Crippen LogP contribution in [-0.4, -0.2) is 26.6 Å². The molecule has 0 bridgehead atoms. The topological polar surface area (TPSA) is 121 Å². The van der Waals surface area contributed by atoms with Crippen LogP contribution in [0.2, 0.25) is 0 Å². The van der Waals surface area contributed by atoms with Gasteiger partial charge in [-0.2, -0.15) is 0 Å². The van der Waals surface area contributed by atoms with E-state index >= 15 is 0 Å². The Labute approximate surface area is 111 Å². The van der Waals surface area contributed by atoms with Gasteiger partial charge in [0.25, 0.3) is 0 Å². The van der Waals surface area contributed by atoms with Crippen LogP contribution in [0.5, 0.6) is 5.75 Å². The van der Waals surface area contributed by atoms with E-state index in [1.165, 1.54) is 0 Å². The average Bonchev–Trinajstić information content (AvgIpc) is 2.26. The molecule has 3 N–H and O–H groups in total. The number of benzene rings is 2. The predicted molar refractivity (Wildman–Crippen MR) is 66.0 cm³/mol. The third-order valence-electron chi connectivity index (χ3n) is 1.93. The van der Waals surface area contributed by atoms with Crippen molar-refractivity contribution < 1.29 is 30.0 Å². The summed E-state index contributed by atoms with van der Waals surface area (Å²) in [4.78, 5) is 8.65. The predicted octanol–water partition coefficient (Wildman–Crippen LogP) is 1.14. The summed E-state index contributed by atoms with van der Waals surface area (Å²) in [5.41, 5.74) is 0. The minimum atomic E-state index is -5.25. The molecule has 9 heteroatoms. The molecule has 0 amide bonds. The Kier molecular flexibility index (Phi) is 5.50. The first-order chi connectivity index (χ1) is 8.77. The Hall–Kier alpha value is -1.40. The SMILES string of the molecule is O=[P+](O)Oc1cccc2ccccc12.O=[Se](=O)(O)O. The molecular formula is C10H10O7PSe+. The van der Waals surface area contributed by atoms with Crippen LogP contribution in [0.15, 0.2) is 42.5 Å². The molecule has 0 aliphatic rings. The van der Waals surface area contributed by atoms with Crippen molar-refractivity contribution in [3.05, 3.63) is 42.5 Å². The van der Waals surface area contributed by atoms with E-state index in [1.807, 2.05) is 30.3 Å². The van der Waals surface area contributed by atoms with Gasteiger partial charge in [-0.15, -0.1) is 4.89 Å². The monoisotopic (exact) mass is 353 g/mol. The summed E-state index contributed by atoms with van der Waals surface area (Å²) < 4.78 is 47.2. The van der Waals surface area contributed by atoms with E-state index in [2.05, 4.69) is 0 Å². The van der Waals surface area contributed by atoms with Crippen molar-refractivity contribution in [1.29, 1.82) is 0 Å². The van der Waals surface area contributed by atoms with E-state index in [9.17, 15) is 4.57 Å². The quantitative estimate of drug-likeness (QED) is 0.547. The van der Waals surface area contributed by atoms with Crippen molar-refractivity contribution in [2.24, 2.45) is 0 Å². The molecule has 0 saturated heterocycles. The van der Waals surface area contributed by atoms with Crippen molar-refractivity contribution >= 4 is 32.4 Å². The van der Waals surface area contributed by atoms with Gasteiger partial charge in [0.1, 0.15) is 0 Å². The van der Waals surface area contributed by atoms with Crippen LogP contribution in [0.3, 0.4) is 0 Å². The van der Waals surface area contributed by atoms with E-state index in [0.29, 0.717) is 5.75 Å². The van der Waals surface area contributed by atoms with Crippen LogP contribution in [0, 0.1) is 0 Å². The molecule has 2 rings (SSSR count). The van der Waals surface area contributed by atoms with Crippen LogP contribution < -0.4 is 4.52 Å². The minimum absolute atomic E-state index is 0.437. The Balaban J connectivity index is 0.000000312. The summed E-state index contributed by atoms with van der Waals surface area (Å²) in [6, 6.07) is 12.9. The van der Waals surface area contributed by atoms with Gasteiger partial charge in [0.05, 0.1) is 0 Å². The molecule has 2 aromatic carbocycles. The molecule has 1 atom stereocenters. The van der Waals surface area contributed by atoms with Crippen LogP contribution in [0.1, 0.15) is 0 Å². The van der Waals surface area contributed by atoms with E-state index in [1.54, 1.807) is 12.1 Å². The average molecular weight is 352 g/mol. The van der Waals surface area contributed by atoms with Crippen LogP contribution in [0.4, 0.5) is 0 Å². The molecule has 102 valence electrons. The van der Waals surface area contributed by atoms with E-state index in [0.717, 1.165) is 10.8 Å². The van der Waals surface area contributed by atoms with Crippen molar-refractivity contribution in [1.82, 2.24) is 0 Å². The molecule has 7 nitrogen and oxygen atoms in total. The van der Waals surface area contributed by atoms with Crippen LogP contribution >= 0.6 is 8.25 Å². The number of rotatable bonds is 2. The second kappa shape index (κ2) is 6.68. The number of hydrogen-bond donors (Lipinski definition) is 3. The molecule has 0 heterocycles. The van der Waals surface area contributed by atoms with E-state index in [-0.39, 0.29) is 0 Å². The van der Waals surface area contributed by atoms with Gasteiger partial charge in [0, 0.05) is 9.95 Å². The maximum atomic E-state index is 10.5. The summed E-state index contributed by atoms with van der Waals surface area (Å²) in [7, 11) is -2.60. The molecule has 1 unspecified atom stereocenters. The Morgan fingerprint density at radius 2 is 1.53 bits per heavy atom. The summed E-state index contributed by atoms with van der Waals surface area (Å²) >= 11 is -5.25. The molecule has 0 spiro atoms. The third kappa shape index (κ3) is 6.35. The zero-order chi connectivity index (χ0) is 14.5. The van der Waals surface area contributed by atoms with Crippen LogP contribution in [0.25, 0.3) is 10.8 Å². The number of hydrogen-bond acceptors (Lipinski definition) is 4. The fraction of sp³-hybridized carbons (Fsp3) is 0. The Bertz CT molecular complexity index is 670. The first-order valence-electron chi connectivity index (χ1n) is 4.79. The first kappa shape index (κ1) is 15.7. The van der Waals surface area contributed by atoms with E-state index < -0.39 is 21.6 Å². The van der Waals surface area contributed by atoms with Crippen molar-refractivity contribution in [2.75, 3.05) is 0 Å². The van der Waals surface area contributed by atoms with Gasteiger partial charge < -0.3 is 0 Å². The van der Waals surface area contributed by atoms with Gasteiger partial charge in [-0.25, -0.2) is 4.52 Å². The molecule has 0 aromatic heterocycles. The maximum absolute atomic E-state index is 10.5. The Morgan fingerprint density at radius 3 is 2.11 bits per heavy atom. The summed E-state index contributed by atoms with van der Waals surface area (Å²) in [6.45, 7) is 0. The van der Waals surface area contributed by atoms with Gasteiger partial charge in [0.15, 0.2) is 5.75 Å². The fourth-order valence-electron chi connectivity index (χ4n) is 1.36. The normalized spacial score (nSPS) is 11.4. The van der Waals surface area contributed by atoms with E-state index in [4.69, 9.17) is 25.5 Å². The van der Waals surface area contributed by atoms with Gasteiger partial charge >= 0.3 is 37.7 Å². The molecule has 0 aliphatic carbocycles. The van der Waals surface area contributed by atoms with Crippen LogP contribution in [-0.2, 0) is 12.2 Å². The summed E-state index contributed by atoms with van der Waals surface area (Å²) in [5.74, 6) is 0.437. The van der Waals surface area contributed by atoms with Gasteiger partial charge in [-0.1, -0.05) is 36.4 Å². The molecule has 0 radical (unpaired) electrons. The molecule has 0 saturated carbocycles. The summed E-state index contributed by atoms with van der Waals surface area (Å²) in [6.07, 6.45) is 0. The molecular weight excluding hydrogens is 342 g/mol. The molecule has 0 aliphatic heterocycles. The summed E-state index contributed by atoms with van der Waals surface area (Å²) in [5, 5.41) is 1.83. The second-order valence-corrected chi connectivity index (χ2v) is 5.79. The first-order valence-corrected chi connectivity index (χ1v) is 8.85. The van der Waals surface area contributed by atoms with Gasteiger partial charge in [-0.05, 0) is 11.5 Å². The zero-order valence-corrected chi connectivity index (χ0v) is 12.0. The van der Waals surface area contributed by atoms with Crippen molar-refractivity contribution in [3.8, 4) is 5.75 Å². The Morgan fingerprint density at radius 1 is 1.00 bits per heavy atom. The third-order valence-corrected chi connectivity index (χ3v) is 2.28. The van der Waals surface area contributed by atoms with Crippen molar-refractivity contribution in [3.63, 3.8) is 0 Å². The fourth-order valence-corrected chi connectivity index (χ4v) is 1.69. The molecule has 2 aromatic rings. The van der Waals surface area contributed by atoms with Crippen molar-refractivity contribution in [2.45, 2.75) is 0 Å². The number of fused-ring (bicyclic) bond motifs is 1. The zero-order valence-electron chi connectivity index (χ0n) is 9.37. The van der Waals surface area contributed by atoms with Gasteiger partial charge in [0.2, 0.25) is 0 Å². The standard InChI is InChI=1S/C10H7O3P.H2O4Se/c11-14(12)13-10-7-3-5-8-4-1-2-6-9(8)10;1-5(2,3)4/h1-7H;(H2,1,2,3,4)/p+1. The second-order valence-electron chi connectivity index (χ2n) is 3.25. The van der Waals surface area contributed by atoms with Gasteiger partial charge in [-0.3, -0.25) is 0 Å². The molecule has 0 fully saturated rings. The molecule has 19 heavy (non-hydrogen) atoms.